The van der Waals surface area contributed by atoms with Crippen molar-refractivity contribution in [1.29, 1.82) is 0 Å². The zero-order valence-corrected chi connectivity index (χ0v) is 15.7. The second-order valence-corrected chi connectivity index (χ2v) is 5.80. The molecule has 0 aliphatic heterocycles. The van der Waals surface area contributed by atoms with Crippen LogP contribution in [0, 0.1) is 17.0 Å². The number of nitrogens with zero attached hydrogens (tertiary/aromatic N) is 2. The summed E-state index contributed by atoms with van der Waals surface area (Å²) in [5, 5.41) is 10.9. The van der Waals surface area contributed by atoms with Crippen LogP contribution in [0.5, 0.6) is 0 Å². The molecule has 0 saturated heterocycles. The number of ether oxygens (including phenoxy) is 2. The fourth-order valence-corrected chi connectivity index (χ4v) is 2.75. The monoisotopic (exact) mass is 388 g/mol. The van der Waals surface area contributed by atoms with E-state index in [1.54, 1.807) is 20.8 Å². The number of hydrogen-bond donors (Lipinski definition) is 0. The molecule has 0 unspecified atom stereocenters. The third-order valence-electron chi connectivity index (χ3n) is 3.98. The third-order valence-corrected chi connectivity index (χ3v) is 3.98. The molecule has 0 saturated carbocycles. The summed E-state index contributed by atoms with van der Waals surface area (Å²) in [6, 6.07) is 6.90. The Balaban J connectivity index is 2.59. The molecule has 0 atom stereocenters. The number of rotatable bonds is 7. The standard InChI is InChI=1S/C19H20N2O7/c1-4-27-18(23)16(19(24)28-5-2)14-7-6-10-20(17(14)22)15-9-8-13(21(25)26)11-12(15)3/h6-11,16H,4-5H2,1-3H3. The lowest BCUT2D eigenvalue weighted by atomic mass is 10.0. The van der Waals surface area contributed by atoms with E-state index >= 15 is 0 Å². The number of carbonyl (C=O) groups excluding carboxylic acids is 2. The molecule has 0 radical (unpaired) electrons. The number of aromatic nitrogens is 1. The number of aryl methyl sites for hydroxylation is 1. The van der Waals surface area contributed by atoms with Crippen LogP contribution >= 0.6 is 0 Å². The van der Waals surface area contributed by atoms with Crippen LogP contribution in [0.4, 0.5) is 5.69 Å². The first-order valence-electron chi connectivity index (χ1n) is 8.62. The third kappa shape index (κ3) is 4.25. The van der Waals surface area contributed by atoms with Gasteiger partial charge < -0.3 is 9.47 Å². The number of carbonyl (C=O) groups is 2. The van der Waals surface area contributed by atoms with E-state index in [1.165, 1.54) is 41.1 Å². The highest BCUT2D eigenvalue weighted by Gasteiger charge is 2.34. The molecule has 148 valence electrons. The van der Waals surface area contributed by atoms with Crippen LogP contribution in [0.3, 0.4) is 0 Å². The molecule has 0 amide bonds. The smallest absolute Gasteiger partial charge is 0.325 e. The fourth-order valence-electron chi connectivity index (χ4n) is 2.75. The molecule has 28 heavy (non-hydrogen) atoms. The molecule has 2 rings (SSSR count). The molecule has 0 aliphatic carbocycles. The maximum absolute atomic E-state index is 13.0. The Morgan fingerprint density at radius 2 is 1.75 bits per heavy atom. The minimum Gasteiger partial charge on any atom is -0.465 e. The SMILES string of the molecule is CCOC(=O)C(C(=O)OCC)c1cccn(-c2ccc([N+](=O)[O-])cc2C)c1=O. The van der Waals surface area contributed by atoms with Gasteiger partial charge in [0.2, 0.25) is 0 Å². The summed E-state index contributed by atoms with van der Waals surface area (Å²) in [6.07, 6.45) is 1.45. The molecular weight excluding hydrogens is 368 g/mol. The highest BCUT2D eigenvalue weighted by Crippen LogP contribution is 2.21. The van der Waals surface area contributed by atoms with E-state index in [1.807, 2.05) is 0 Å². The first kappa shape index (κ1) is 20.8. The second-order valence-electron chi connectivity index (χ2n) is 5.80. The van der Waals surface area contributed by atoms with Gasteiger partial charge in [-0.3, -0.25) is 29.1 Å². The quantitative estimate of drug-likeness (QED) is 0.309. The van der Waals surface area contributed by atoms with E-state index < -0.39 is 28.3 Å². The van der Waals surface area contributed by atoms with Crippen LogP contribution in [0.2, 0.25) is 0 Å². The summed E-state index contributed by atoms with van der Waals surface area (Å²) in [4.78, 5) is 48.0. The van der Waals surface area contributed by atoms with Crippen molar-refractivity contribution in [2.45, 2.75) is 26.7 Å². The zero-order valence-electron chi connectivity index (χ0n) is 15.7. The highest BCUT2D eigenvalue weighted by molar-refractivity contribution is 6.00. The van der Waals surface area contributed by atoms with Crippen molar-refractivity contribution >= 4 is 17.6 Å². The molecule has 9 nitrogen and oxygen atoms in total. The number of esters is 2. The van der Waals surface area contributed by atoms with Crippen LogP contribution in [-0.4, -0.2) is 34.6 Å². The lowest BCUT2D eigenvalue weighted by Gasteiger charge is -2.16. The number of hydrogen-bond acceptors (Lipinski definition) is 7. The van der Waals surface area contributed by atoms with Crippen LogP contribution in [0.25, 0.3) is 5.69 Å². The Kier molecular flexibility index (Phi) is 6.64. The number of nitro benzene ring substituents is 1. The van der Waals surface area contributed by atoms with Gasteiger partial charge in [0.15, 0.2) is 5.92 Å². The predicted octanol–water partition coefficient (Wildman–Crippen LogP) is 2.26. The maximum Gasteiger partial charge on any atom is 0.325 e. The van der Waals surface area contributed by atoms with E-state index in [-0.39, 0.29) is 24.5 Å². The summed E-state index contributed by atoms with van der Waals surface area (Å²) >= 11 is 0. The Bertz CT molecular complexity index is 947. The van der Waals surface area contributed by atoms with Gasteiger partial charge in [0.25, 0.3) is 11.2 Å². The normalized spacial score (nSPS) is 10.6. The average molecular weight is 388 g/mol. The van der Waals surface area contributed by atoms with Crippen LogP contribution < -0.4 is 5.56 Å². The van der Waals surface area contributed by atoms with Gasteiger partial charge in [-0.2, -0.15) is 0 Å². The summed E-state index contributed by atoms with van der Waals surface area (Å²) in [5.74, 6) is -3.27. The van der Waals surface area contributed by atoms with Gasteiger partial charge >= 0.3 is 11.9 Å². The Morgan fingerprint density at radius 3 is 2.25 bits per heavy atom. The van der Waals surface area contributed by atoms with Gasteiger partial charge in [-0.05, 0) is 38.5 Å². The van der Waals surface area contributed by atoms with Crippen molar-refractivity contribution < 1.29 is 24.0 Å². The Morgan fingerprint density at radius 1 is 1.14 bits per heavy atom. The summed E-state index contributed by atoms with van der Waals surface area (Å²) in [6.45, 7) is 4.87. The second kappa shape index (κ2) is 8.94. The summed E-state index contributed by atoms with van der Waals surface area (Å²) in [7, 11) is 0. The molecule has 1 heterocycles. The lowest BCUT2D eigenvalue weighted by molar-refractivity contribution is -0.384. The molecule has 2 aromatic rings. The molecule has 0 aliphatic rings. The van der Waals surface area contributed by atoms with Crippen molar-refractivity contribution in [2.24, 2.45) is 0 Å². The van der Waals surface area contributed by atoms with E-state index in [4.69, 9.17) is 9.47 Å². The molecule has 0 spiro atoms. The minimum absolute atomic E-state index is 0.0389. The van der Waals surface area contributed by atoms with E-state index in [0.29, 0.717) is 11.3 Å². The number of non-ortho nitro benzene ring substituents is 1. The summed E-state index contributed by atoms with van der Waals surface area (Å²) in [5.41, 5.74) is 0.0466. The van der Waals surface area contributed by atoms with Crippen molar-refractivity contribution in [3.05, 3.63) is 68.1 Å². The van der Waals surface area contributed by atoms with Gasteiger partial charge in [0.1, 0.15) is 0 Å². The fraction of sp³-hybridized carbons (Fsp3) is 0.316. The van der Waals surface area contributed by atoms with Crippen molar-refractivity contribution in [3.63, 3.8) is 0 Å². The molecule has 0 fully saturated rings. The van der Waals surface area contributed by atoms with E-state index in [0.717, 1.165) is 0 Å². The zero-order chi connectivity index (χ0) is 20.8. The predicted molar refractivity (Wildman–Crippen MR) is 99.4 cm³/mol. The van der Waals surface area contributed by atoms with Crippen LogP contribution in [0.15, 0.2) is 41.3 Å². The van der Waals surface area contributed by atoms with Crippen LogP contribution in [0.1, 0.15) is 30.9 Å². The Labute approximate surface area is 160 Å². The first-order valence-corrected chi connectivity index (χ1v) is 8.62. The molecule has 0 bridgehead atoms. The highest BCUT2D eigenvalue weighted by atomic mass is 16.6. The largest absolute Gasteiger partial charge is 0.465 e. The maximum atomic E-state index is 13.0. The topological polar surface area (TPSA) is 118 Å². The van der Waals surface area contributed by atoms with E-state index in [9.17, 15) is 24.5 Å². The lowest BCUT2D eigenvalue weighted by Crippen LogP contribution is -2.33. The van der Waals surface area contributed by atoms with Crippen molar-refractivity contribution in [3.8, 4) is 5.69 Å². The Hall–Kier alpha value is -3.49. The van der Waals surface area contributed by atoms with Gasteiger partial charge in [0.05, 0.1) is 23.8 Å². The molecule has 1 aromatic heterocycles. The molecule has 0 N–H and O–H groups in total. The number of nitro groups is 1. The van der Waals surface area contributed by atoms with Gasteiger partial charge in [-0.15, -0.1) is 0 Å². The van der Waals surface area contributed by atoms with Gasteiger partial charge in [-0.25, -0.2) is 0 Å². The molecule has 9 heteroatoms. The molecular formula is C19H20N2O7. The van der Waals surface area contributed by atoms with Crippen molar-refractivity contribution in [2.75, 3.05) is 13.2 Å². The van der Waals surface area contributed by atoms with Gasteiger partial charge in [0, 0.05) is 23.9 Å². The number of pyridine rings is 1. The molecule has 1 aromatic carbocycles. The summed E-state index contributed by atoms with van der Waals surface area (Å²) < 4.78 is 11.1. The van der Waals surface area contributed by atoms with E-state index in [2.05, 4.69) is 0 Å². The van der Waals surface area contributed by atoms with Crippen molar-refractivity contribution in [1.82, 2.24) is 4.57 Å². The average Bonchev–Trinajstić information content (AvgIpc) is 2.64. The minimum atomic E-state index is -1.52. The van der Waals surface area contributed by atoms with Crippen LogP contribution in [-0.2, 0) is 19.1 Å². The number of benzene rings is 1. The first-order chi connectivity index (χ1) is 13.3. The van der Waals surface area contributed by atoms with Gasteiger partial charge in [-0.1, -0.05) is 6.07 Å².